The highest BCUT2D eigenvalue weighted by molar-refractivity contribution is 7.88. The number of nitrogens with one attached hydrogen (secondary N) is 1. The van der Waals surface area contributed by atoms with Gasteiger partial charge in [0, 0.05) is 6.21 Å². The zero-order valence-corrected chi connectivity index (χ0v) is 10.2. The van der Waals surface area contributed by atoms with Gasteiger partial charge in [0.1, 0.15) is 12.3 Å². The molecule has 0 radical (unpaired) electrons. The third kappa shape index (κ3) is 3.13. The summed E-state index contributed by atoms with van der Waals surface area (Å²) in [6, 6.07) is 0. The third-order valence-corrected chi connectivity index (χ3v) is 3.19. The van der Waals surface area contributed by atoms with Crippen molar-refractivity contribution in [2.24, 2.45) is 4.99 Å². The number of allylic oxidation sites excluding steroid dienone is 1. The molecule has 2 atom stereocenters. The molecule has 1 saturated carbocycles. The molecule has 0 aromatic carbocycles. The highest BCUT2D eigenvalue weighted by Gasteiger charge is 2.33. The van der Waals surface area contributed by atoms with Gasteiger partial charge in [0.05, 0.1) is 12.4 Å². The van der Waals surface area contributed by atoms with Crippen molar-refractivity contribution in [3.63, 3.8) is 0 Å². The van der Waals surface area contributed by atoms with Gasteiger partial charge in [-0.25, -0.2) is 8.42 Å². The monoisotopic (exact) mass is 244 g/mol. The fourth-order valence-corrected chi connectivity index (χ4v) is 2.20. The lowest BCUT2D eigenvalue weighted by Gasteiger charge is -2.27. The Morgan fingerprint density at radius 2 is 2.19 bits per heavy atom. The van der Waals surface area contributed by atoms with Gasteiger partial charge in [-0.2, -0.15) is 4.72 Å². The number of dihydropyridines is 1. The van der Waals surface area contributed by atoms with E-state index in [0.29, 0.717) is 0 Å². The number of aliphatic imine (C=N–C) groups is 1. The largest absolute Gasteiger partial charge is 0.367 e. The molecule has 0 amide bonds. The molecule has 1 heterocycles. The van der Waals surface area contributed by atoms with Gasteiger partial charge in [0.2, 0.25) is 10.0 Å². The molecule has 2 aliphatic rings. The van der Waals surface area contributed by atoms with E-state index in [1.54, 1.807) is 6.21 Å². The van der Waals surface area contributed by atoms with E-state index in [4.69, 9.17) is 4.74 Å². The van der Waals surface area contributed by atoms with Gasteiger partial charge >= 0.3 is 0 Å². The molecule has 1 N–H and O–H groups in total. The standard InChI is InChI=1S/C10H16N2O3S/c1-7-5-6-11-10(12-16(2,13)14)9(7)15-8-3-4-8/h5-6,8-10,12H,3-4H2,1-2H3. The summed E-state index contributed by atoms with van der Waals surface area (Å²) in [6.45, 7) is 1.93. The molecule has 0 aromatic rings. The van der Waals surface area contributed by atoms with E-state index in [-0.39, 0.29) is 12.2 Å². The molecular weight excluding hydrogens is 228 g/mol. The Morgan fingerprint density at radius 1 is 1.50 bits per heavy atom. The van der Waals surface area contributed by atoms with Crippen molar-refractivity contribution >= 4 is 16.2 Å². The van der Waals surface area contributed by atoms with Gasteiger partial charge in [-0.1, -0.05) is 0 Å². The Morgan fingerprint density at radius 3 is 2.75 bits per heavy atom. The minimum Gasteiger partial charge on any atom is -0.367 e. The molecule has 2 rings (SSSR count). The van der Waals surface area contributed by atoms with E-state index in [1.165, 1.54) is 0 Å². The SMILES string of the molecule is CC1=CC=NC(NS(C)(=O)=O)C1OC1CC1. The van der Waals surface area contributed by atoms with Gasteiger partial charge in [0.15, 0.2) is 0 Å². The minimum absolute atomic E-state index is 0.269. The van der Waals surface area contributed by atoms with Gasteiger partial charge in [0.25, 0.3) is 0 Å². The Hall–Kier alpha value is -0.720. The molecule has 16 heavy (non-hydrogen) atoms. The summed E-state index contributed by atoms with van der Waals surface area (Å²) in [5.41, 5.74) is 1.00. The molecule has 1 fully saturated rings. The van der Waals surface area contributed by atoms with Crippen LogP contribution < -0.4 is 4.72 Å². The highest BCUT2D eigenvalue weighted by Crippen LogP contribution is 2.29. The maximum atomic E-state index is 11.2. The van der Waals surface area contributed by atoms with E-state index in [0.717, 1.165) is 24.7 Å². The summed E-state index contributed by atoms with van der Waals surface area (Å²) in [6.07, 6.45) is 6.18. The zero-order chi connectivity index (χ0) is 11.8. The van der Waals surface area contributed by atoms with Crippen molar-refractivity contribution in [2.75, 3.05) is 6.26 Å². The maximum Gasteiger partial charge on any atom is 0.210 e. The lowest BCUT2D eigenvalue weighted by Crippen LogP contribution is -2.45. The Kier molecular flexibility index (Phi) is 3.14. The van der Waals surface area contributed by atoms with Crippen molar-refractivity contribution < 1.29 is 13.2 Å². The van der Waals surface area contributed by atoms with E-state index < -0.39 is 16.2 Å². The van der Waals surface area contributed by atoms with E-state index >= 15 is 0 Å². The molecule has 0 bridgehead atoms. The summed E-state index contributed by atoms with van der Waals surface area (Å²) in [7, 11) is -3.27. The first-order valence-electron chi connectivity index (χ1n) is 5.28. The number of rotatable bonds is 4. The van der Waals surface area contributed by atoms with Gasteiger partial charge in [-0.3, -0.25) is 4.99 Å². The lowest BCUT2D eigenvalue weighted by molar-refractivity contribution is 0.0443. The van der Waals surface area contributed by atoms with Crippen LogP contribution in [-0.4, -0.2) is 39.3 Å². The number of hydrogen-bond acceptors (Lipinski definition) is 4. The Balaban J connectivity index is 2.08. The van der Waals surface area contributed by atoms with Crippen LogP contribution in [0.25, 0.3) is 0 Å². The molecule has 1 aliphatic carbocycles. The molecule has 0 saturated heterocycles. The molecular formula is C10H16N2O3S. The van der Waals surface area contributed by atoms with Crippen molar-refractivity contribution in [1.82, 2.24) is 4.72 Å². The van der Waals surface area contributed by atoms with Crippen LogP contribution in [0.1, 0.15) is 19.8 Å². The van der Waals surface area contributed by atoms with Crippen LogP contribution >= 0.6 is 0 Å². The van der Waals surface area contributed by atoms with Crippen molar-refractivity contribution in [1.29, 1.82) is 0 Å². The second-order valence-corrected chi connectivity index (χ2v) is 6.08. The van der Waals surface area contributed by atoms with Crippen LogP contribution in [0.2, 0.25) is 0 Å². The van der Waals surface area contributed by atoms with Crippen molar-refractivity contribution in [3.05, 3.63) is 11.6 Å². The summed E-state index contributed by atoms with van der Waals surface area (Å²) >= 11 is 0. The number of hydrogen-bond donors (Lipinski definition) is 1. The summed E-state index contributed by atoms with van der Waals surface area (Å²) in [4.78, 5) is 4.11. The Bertz CT molecular complexity index is 423. The Labute approximate surface area is 95.6 Å². The van der Waals surface area contributed by atoms with Crippen LogP contribution in [0.3, 0.4) is 0 Å². The predicted octanol–water partition coefficient (Wildman–Crippen LogP) is 0.440. The summed E-state index contributed by atoms with van der Waals surface area (Å²) < 4.78 is 30.6. The van der Waals surface area contributed by atoms with Gasteiger partial charge < -0.3 is 4.74 Å². The zero-order valence-electron chi connectivity index (χ0n) is 9.38. The lowest BCUT2D eigenvalue weighted by atomic mass is 10.1. The molecule has 0 spiro atoms. The van der Waals surface area contributed by atoms with Crippen molar-refractivity contribution in [3.8, 4) is 0 Å². The molecule has 0 aromatic heterocycles. The van der Waals surface area contributed by atoms with Crippen LogP contribution in [0.15, 0.2) is 16.6 Å². The smallest absolute Gasteiger partial charge is 0.210 e. The molecule has 90 valence electrons. The number of nitrogens with zero attached hydrogens (tertiary/aromatic N) is 1. The first-order valence-corrected chi connectivity index (χ1v) is 7.17. The van der Waals surface area contributed by atoms with Crippen LogP contribution in [0, 0.1) is 0 Å². The normalized spacial score (nSPS) is 30.2. The fourth-order valence-electron chi connectivity index (χ4n) is 1.58. The van der Waals surface area contributed by atoms with E-state index in [9.17, 15) is 8.42 Å². The molecule has 5 nitrogen and oxygen atoms in total. The first-order chi connectivity index (χ1) is 7.46. The fraction of sp³-hybridized carbons (Fsp3) is 0.700. The van der Waals surface area contributed by atoms with Crippen molar-refractivity contribution in [2.45, 2.75) is 38.1 Å². The van der Waals surface area contributed by atoms with Crippen LogP contribution in [0.5, 0.6) is 0 Å². The second kappa shape index (κ2) is 4.27. The van der Waals surface area contributed by atoms with Gasteiger partial charge in [-0.15, -0.1) is 0 Å². The minimum atomic E-state index is -3.27. The maximum absolute atomic E-state index is 11.2. The topological polar surface area (TPSA) is 67.8 Å². The average molecular weight is 244 g/mol. The van der Waals surface area contributed by atoms with E-state index in [2.05, 4.69) is 9.71 Å². The first kappa shape index (κ1) is 11.8. The van der Waals surface area contributed by atoms with Crippen LogP contribution in [-0.2, 0) is 14.8 Å². The average Bonchev–Trinajstić information content (AvgIpc) is 2.92. The van der Waals surface area contributed by atoms with Crippen LogP contribution in [0.4, 0.5) is 0 Å². The highest BCUT2D eigenvalue weighted by atomic mass is 32.2. The molecule has 2 unspecified atom stereocenters. The number of ether oxygens (including phenoxy) is 1. The van der Waals surface area contributed by atoms with Gasteiger partial charge in [-0.05, 0) is 31.4 Å². The third-order valence-electron chi connectivity index (χ3n) is 2.52. The number of sulfonamides is 1. The predicted molar refractivity (Wildman–Crippen MR) is 61.9 cm³/mol. The van der Waals surface area contributed by atoms with E-state index in [1.807, 2.05) is 13.0 Å². The quantitative estimate of drug-likeness (QED) is 0.780. The summed E-state index contributed by atoms with van der Waals surface area (Å²) in [5, 5.41) is 0. The summed E-state index contributed by atoms with van der Waals surface area (Å²) in [5.74, 6) is 0. The second-order valence-electron chi connectivity index (χ2n) is 4.30. The molecule has 6 heteroatoms. The molecule has 1 aliphatic heterocycles.